The van der Waals surface area contributed by atoms with Crippen LogP contribution in [0.1, 0.15) is 16.8 Å². The van der Waals surface area contributed by atoms with Crippen LogP contribution in [-0.2, 0) is 23.6 Å². The molecule has 0 bridgehead atoms. The summed E-state index contributed by atoms with van der Waals surface area (Å²) in [6.07, 6.45) is -10.3. The molecule has 4 nitrogen and oxygen atoms in total. The molecule has 1 heterocycles. The third kappa shape index (κ3) is 4.60. The van der Waals surface area contributed by atoms with Gasteiger partial charge in [-0.1, -0.05) is 0 Å². The number of benzene rings is 1. The summed E-state index contributed by atoms with van der Waals surface area (Å²) in [7, 11) is 0. The largest absolute Gasteiger partial charge is 0.481 e. The van der Waals surface area contributed by atoms with Gasteiger partial charge in [-0.15, -0.1) is 11.3 Å². The Morgan fingerprint density at radius 1 is 1.08 bits per heavy atom. The van der Waals surface area contributed by atoms with Crippen LogP contribution in [0, 0.1) is 0 Å². The smallest absolute Gasteiger partial charge is 0.416 e. The molecule has 0 aliphatic rings. The van der Waals surface area contributed by atoms with E-state index >= 15 is 0 Å². The van der Waals surface area contributed by atoms with Gasteiger partial charge in [-0.25, -0.2) is 4.98 Å². The molecule has 2 N–H and O–H groups in total. The second kappa shape index (κ2) is 6.30. The van der Waals surface area contributed by atoms with Crippen molar-refractivity contribution in [2.45, 2.75) is 18.8 Å². The molecule has 0 fully saturated rings. The Labute approximate surface area is 134 Å². The lowest BCUT2D eigenvalue weighted by Gasteiger charge is -2.14. The fraction of sp³-hybridized carbons (Fsp3) is 0.231. The Morgan fingerprint density at radius 3 is 2.08 bits per heavy atom. The predicted molar refractivity (Wildman–Crippen MR) is 73.2 cm³/mol. The summed E-state index contributed by atoms with van der Waals surface area (Å²) in [5.41, 5.74) is -3.23. The molecular formula is C13H8F6N2O2S. The Morgan fingerprint density at radius 2 is 1.62 bits per heavy atom. The molecule has 0 aliphatic heterocycles. The number of carbonyl (C=O) groups is 1. The number of aliphatic carboxylic acids is 1. The molecule has 0 unspecified atom stereocenters. The van der Waals surface area contributed by atoms with Gasteiger partial charge in [0.1, 0.15) is 0 Å². The fourth-order valence-electron chi connectivity index (χ4n) is 1.75. The van der Waals surface area contributed by atoms with Crippen molar-refractivity contribution < 1.29 is 36.2 Å². The first-order valence-electron chi connectivity index (χ1n) is 6.18. The van der Waals surface area contributed by atoms with Gasteiger partial charge in [0.2, 0.25) is 0 Å². The van der Waals surface area contributed by atoms with Crippen molar-refractivity contribution in [1.82, 2.24) is 4.98 Å². The van der Waals surface area contributed by atoms with Gasteiger partial charge < -0.3 is 10.4 Å². The van der Waals surface area contributed by atoms with E-state index in [0.29, 0.717) is 12.1 Å². The Bertz CT molecular complexity index is 721. The molecule has 0 radical (unpaired) electrons. The number of nitrogens with one attached hydrogen (secondary N) is 1. The van der Waals surface area contributed by atoms with Gasteiger partial charge in [0.25, 0.3) is 0 Å². The number of hydrogen-bond donors (Lipinski definition) is 2. The summed E-state index contributed by atoms with van der Waals surface area (Å²) in [6.45, 7) is 0. The maximum Gasteiger partial charge on any atom is 0.416 e. The van der Waals surface area contributed by atoms with E-state index in [-0.39, 0.29) is 16.9 Å². The minimum atomic E-state index is -4.95. The van der Waals surface area contributed by atoms with Crippen LogP contribution in [0.15, 0.2) is 23.6 Å². The highest BCUT2D eigenvalue weighted by molar-refractivity contribution is 7.13. The zero-order chi connectivity index (χ0) is 18.1. The molecule has 0 atom stereocenters. The number of rotatable bonds is 4. The molecule has 11 heteroatoms. The van der Waals surface area contributed by atoms with Crippen molar-refractivity contribution in [2.24, 2.45) is 0 Å². The Balaban J connectivity index is 2.35. The molecule has 2 aromatic rings. The molecular weight excluding hydrogens is 362 g/mol. The van der Waals surface area contributed by atoms with Crippen LogP contribution in [0.25, 0.3) is 0 Å². The van der Waals surface area contributed by atoms with Crippen LogP contribution in [0.5, 0.6) is 0 Å². The molecule has 1 aromatic carbocycles. The molecule has 1 aromatic heterocycles. The van der Waals surface area contributed by atoms with Gasteiger partial charge in [0.15, 0.2) is 5.13 Å². The first-order valence-corrected chi connectivity index (χ1v) is 7.06. The van der Waals surface area contributed by atoms with E-state index in [2.05, 4.69) is 10.3 Å². The molecule has 2 rings (SSSR count). The normalized spacial score (nSPS) is 12.2. The van der Waals surface area contributed by atoms with E-state index in [0.717, 1.165) is 11.3 Å². The van der Waals surface area contributed by atoms with Crippen LogP contribution < -0.4 is 5.32 Å². The van der Waals surface area contributed by atoms with Gasteiger partial charge in [-0.3, -0.25) is 4.79 Å². The summed E-state index contributed by atoms with van der Waals surface area (Å²) in [4.78, 5) is 14.3. The van der Waals surface area contributed by atoms with Crippen LogP contribution in [0.2, 0.25) is 0 Å². The monoisotopic (exact) mass is 370 g/mol. The van der Waals surface area contributed by atoms with Gasteiger partial charge >= 0.3 is 18.3 Å². The van der Waals surface area contributed by atoms with E-state index in [1.54, 1.807) is 0 Å². The lowest BCUT2D eigenvalue weighted by Crippen LogP contribution is -2.11. The quantitative estimate of drug-likeness (QED) is 0.775. The number of anilines is 2. The average Bonchev–Trinajstić information content (AvgIpc) is 2.82. The maximum atomic E-state index is 12.7. The number of carboxylic acids is 1. The molecule has 0 saturated carbocycles. The van der Waals surface area contributed by atoms with Gasteiger partial charge in [-0.2, -0.15) is 26.3 Å². The van der Waals surface area contributed by atoms with Gasteiger partial charge in [-0.05, 0) is 18.2 Å². The molecule has 0 amide bonds. The van der Waals surface area contributed by atoms with Crippen molar-refractivity contribution in [3.8, 4) is 0 Å². The number of hydrogen-bond acceptors (Lipinski definition) is 4. The van der Waals surface area contributed by atoms with Crippen molar-refractivity contribution in [3.05, 3.63) is 40.4 Å². The maximum absolute atomic E-state index is 12.7. The van der Waals surface area contributed by atoms with E-state index in [9.17, 15) is 31.1 Å². The topological polar surface area (TPSA) is 62.2 Å². The summed E-state index contributed by atoms with van der Waals surface area (Å²) < 4.78 is 76.5. The zero-order valence-electron chi connectivity index (χ0n) is 11.5. The lowest BCUT2D eigenvalue weighted by molar-refractivity contribution is -0.143. The van der Waals surface area contributed by atoms with E-state index in [1.165, 1.54) is 5.38 Å². The number of carboxylic acid groups (broad SMARTS) is 1. The van der Waals surface area contributed by atoms with Crippen LogP contribution >= 0.6 is 11.3 Å². The van der Waals surface area contributed by atoms with E-state index in [4.69, 9.17) is 5.11 Å². The summed E-state index contributed by atoms with van der Waals surface area (Å²) in [5.74, 6) is -1.16. The van der Waals surface area contributed by atoms with Crippen molar-refractivity contribution >= 4 is 28.1 Å². The molecule has 0 saturated heterocycles. The van der Waals surface area contributed by atoms with E-state index < -0.39 is 41.6 Å². The summed E-state index contributed by atoms with van der Waals surface area (Å²) in [6, 6.07) is 1.06. The van der Waals surface area contributed by atoms with E-state index in [1.807, 2.05) is 0 Å². The van der Waals surface area contributed by atoms with Crippen molar-refractivity contribution in [1.29, 1.82) is 0 Å². The number of halogens is 6. The first kappa shape index (κ1) is 18.0. The zero-order valence-corrected chi connectivity index (χ0v) is 12.3. The Kier molecular flexibility index (Phi) is 4.74. The highest BCUT2D eigenvalue weighted by Gasteiger charge is 2.37. The highest BCUT2D eigenvalue weighted by atomic mass is 32.1. The minimum absolute atomic E-state index is 0.0151. The molecule has 0 spiro atoms. The number of thiazole rings is 1. The second-order valence-corrected chi connectivity index (χ2v) is 5.49. The lowest BCUT2D eigenvalue weighted by atomic mass is 10.1. The predicted octanol–water partition coefficient (Wildman–Crippen LogP) is 4.55. The molecule has 130 valence electrons. The fourth-order valence-corrected chi connectivity index (χ4v) is 2.48. The minimum Gasteiger partial charge on any atom is -0.481 e. The number of aromatic nitrogens is 1. The highest BCUT2D eigenvalue weighted by Crippen LogP contribution is 2.38. The third-order valence-corrected chi connectivity index (χ3v) is 3.53. The molecule has 0 aliphatic carbocycles. The third-order valence-electron chi connectivity index (χ3n) is 2.72. The second-order valence-electron chi connectivity index (χ2n) is 4.63. The average molecular weight is 370 g/mol. The van der Waals surface area contributed by atoms with Crippen LogP contribution in [0.3, 0.4) is 0 Å². The van der Waals surface area contributed by atoms with Crippen molar-refractivity contribution in [3.63, 3.8) is 0 Å². The molecule has 24 heavy (non-hydrogen) atoms. The standard InChI is InChI=1S/C13H8F6N2O2S/c14-12(15,16)6-1-7(13(17,18)19)3-8(2-6)20-11-21-9(5-24-11)4-10(22)23/h1-3,5H,4H2,(H,20,21)(H,22,23). The SMILES string of the molecule is O=C(O)Cc1csc(Nc2cc(C(F)(F)F)cc(C(F)(F)F)c2)n1. The summed E-state index contributed by atoms with van der Waals surface area (Å²) in [5, 5.41) is 12.3. The Hall–Kier alpha value is -2.30. The van der Waals surface area contributed by atoms with Crippen LogP contribution in [-0.4, -0.2) is 16.1 Å². The van der Waals surface area contributed by atoms with Crippen molar-refractivity contribution in [2.75, 3.05) is 5.32 Å². The number of nitrogens with zero attached hydrogens (tertiary/aromatic N) is 1. The summed E-state index contributed by atoms with van der Waals surface area (Å²) >= 11 is 0.865. The van der Waals surface area contributed by atoms with Gasteiger partial charge in [0.05, 0.1) is 23.2 Å². The van der Waals surface area contributed by atoms with Gasteiger partial charge in [0, 0.05) is 11.1 Å². The van der Waals surface area contributed by atoms with Crippen LogP contribution in [0.4, 0.5) is 37.2 Å². The first-order chi connectivity index (χ1) is 10.9. The number of alkyl halides is 6.